The van der Waals surface area contributed by atoms with E-state index in [1.165, 1.54) is 0 Å². The van der Waals surface area contributed by atoms with Crippen molar-refractivity contribution in [1.82, 2.24) is 10.2 Å². The highest BCUT2D eigenvalue weighted by Crippen LogP contribution is 2.25. The Kier molecular flexibility index (Phi) is 6.75. The molecule has 0 bridgehead atoms. The maximum absolute atomic E-state index is 12.8. The molecule has 1 saturated heterocycles. The highest BCUT2D eigenvalue weighted by molar-refractivity contribution is 5.95. The van der Waals surface area contributed by atoms with Crippen LogP contribution < -0.4 is 14.8 Å². The highest BCUT2D eigenvalue weighted by atomic mass is 16.5. The minimum atomic E-state index is -0.207. The van der Waals surface area contributed by atoms with Crippen molar-refractivity contribution in [2.24, 2.45) is 5.92 Å². The van der Waals surface area contributed by atoms with Gasteiger partial charge in [-0.05, 0) is 44.0 Å². The number of nitrogens with one attached hydrogen (secondary N) is 1. The summed E-state index contributed by atoms with van der Waals surface area (Å²) >= 11 is 0. The maximum atomic E-state index is 12.8. The van der Waals surface area contributed by atoms with Crippen LogP contribution >= 0.6 is 0 Å². The Hall–Kier alpha value is -3.02. The molecule has 154 valence electrons. The van der Waals surface area contributed by atoms with Crippen molar-refractivity contribution in [3.05, 3.63) is 59.2 Å². The number of nitrogens with zero attached hydrogens (tertiary/aromatic N) is 1. The first-order chi connectivity index (χ1) is 14.0. The number of aryl methyl sites for hydroxylation is 1. The molecule has 1 fully saturated rings. The van der Waals surface area contributed by atoms with Crippen LogP contribution in [0.25, 0.3) is 0 Å². The van der Waals surface area contributed by atoms with Gasteiger partial charge in [-0.2, -0.15) is 0 Å². The number of benzene rings is 2. The average Bonchev–Trinajstić information content (AvgIpc) is 2.76. The fraction of sp³-hybridized carbons (Fsp3) is 0.391. The largest absolute Gasteiger partial charge is 0.497 e. The quantitative estimate of drug-likeness (QED) is 0.814. The van der Waals surface area contributed by atoms with E-state index < -0.39 is 0 Å². The van der Waals surface area contributed by atoms with Gasteiger partial charge < -0.3 is 19.7 Å². The third-order valence-electron chi connectivity index (χ3n) is 5.29. The summed E-state index contributed by atoms with van der Waals surface area (Å²) in [6, 6.07) is 13.1. The molecule has 1 aliphatic heterocycles. The first-order valence-electron chi connectivity index (χ1n) is 9.86. The number of hydrogen-bond donors (Lipinski definition) is 1. The lowest BCUT2D eigenvalue weighted by molar-refractivity contribution is -0.126. The number of piperidine rings is 1. The predicted molar refractivity (Wildman–Crippen MR) is 111 cm³/mol. The van der Waals surface area contributed by atoms with Crippen LogP contribution in [0.1, 0.15) is 34.3 Å². The average molecular weight is 396 g/mol. The van der Waals surface area contributed by atoms with Crippen molar-refractivity contribution in [2.45, 2.75) is 26.3 Å². The summed E-state index contributed by atoms with van der Waals surface area (Å²) in [6.07, 6.45) is 1.60. The van der Waals surface area contributed by atoms with Crippen molar-refractivity contribution < 1.29 is 19.1 Å². The Bertz CT molecular complexity index is 881. The van der Waals surface area contributed by atoms with E-state index in [0.717, 1.165) is 24.0 Å². The molecule has 2 amide bonds. The molecule has 2 aromatic rings. The van der Waals surface area contributed by atoms with Crippen LogP contribution in [0.4, 0.5) is 0 Å². The number of amides is 2. The van der Waals surface area contributed by atoms with E-state index in [-0.39, 0.29) is 17.7 Å². The molecule has 29 heavy (non-hydrogen) atoms. The Morgan fingerprint density at radius 1 is 1.14 bits per heavy atom. The molecule has 2 aromatic carbocycles. The summed E-state index contributed by atoms with van der Waals surface area (Å²) in [4.78, 5) is 27.3. The zero-order valence-electron chi connectivity index (χ0n) is 17.2. The van der Waals surface area contributed by atoms with E-state index in [2.05, 4.69) is 5.32 Å². The van der Waals surface area contributed by atoms with Crippen LogP contribution in [-0.4, -0.2) is 44.0 Å². The number of rotatable bonds is 6. The van der Waals surface area contributed by atoms with Crippen LogP contribution in [0.5, 0.6) is 11.5 Å². The Morgan fingerprint density at radius 2 is 1.97 bits per heavy atom. The number of methoxy groups -OCH3 is 2. The zero-order valence-corrected chi connectivity index (χ0v) is 17.2. The van der Waals surface area contributed by atoms with Gasteiger partial charge in [0.1, 0.15) is 11.5 Å². The molecule has 6 nitrogen and oxygen atoms in total. The van der Waals surface area contributed by atoms with Crippen molar-refractivity contribution in [3.8, 4) is 11.5 Å². The predicted octanol–water partition coefficient (Wildman–Crippen LogP) is 3.18. The molecular formula is C23H28N2O4. The summed E-state index contributed by atoms with van der Waals surface area (Å²) in [5.74, 6) is 1.12. The number of hydrogen-bond acceptors (Lipinski definition) is 4. The molecule has 1 heterocycles. The van der Waals surface area contributed by atoms with Crippen LogP contribution in [0, 0.1) is 12.8 Å². The summed E-state index contributed by atoms with van der Waals surface area (Å²) in [6.45, 7) is 3.46. The number of carbonyl (C=O) groups excluding carboxylic acids is 2. The van der Waals surface area contributed by atoms with Crippen molar-refractivity contribution >= 4 is 11.8 Å². The monoisotopic (exact) mass is 396 g/mol. The van der Waals surface area contributed by atoms with Gasteiger partial charge in [0.25, 0.3) is 5.91 Å². The van der Waals surface area contributed by atoms with E-state index >= 15 is 0 Å². The molecule has 1 aliphatic rings. The molecule has 0 spiro atoms. The molecule has 0 saturated carbocycles. The second-order valence-corrected chi connectivity index (χ2v) is 7.36. The lowest BCUT2D eigenvalue weighted by Crippen LogP contribution is -2.45. The summed E-state index contributed by atoms with van der Waals surface area (Å²) in [7, 11) is 3.19. The number of carbonyl (C=O) groups is 2. The Labute approximate surface area is 171 Å². The van der Waals surface area contributed by atoms with Gasteiger partial charge in [-0.3, -0.25) is 9.59 Å². The van der Waals surface area contributed by atoms with Crippen molar-refractivity contribution in [1.29, 1.82) is 0 Å². The van der Waals surface area contributed by atoms with Crippen LogP contribution in [0.15, 0.2) is 42.5 Å². The van der Waals surface area contributed by atoms with E-state index in [0.29, 0.717) is 36.7 Å². The van der Waals surface area contributed by atoms with Gasteiger partial charge in [-0.25, -0.2) is 0 Å². The Morgan fingerprint density at radius 3 is 2.69 bits per heavy atom. The first kappa shape index (κ1) is 20.7. The topological polar surface area (TPSA) is 67.9 Å². The molecular weight excluding hydrogens is 368 g/mol. The van der Waals surface area contributed by atoms with E-state index in [1.807, 2.05) is 43.3 Å². The smallest absolute Gasteiger partial charge is 0.253 e. The summed E-state index contributed by atoms with van der Waals surface area (Å²) < 4.78 is 10.6. The highest BCUT2D eigenvalue weighted by Gasteiger charge is 2.29. The second-order valence-electron chi connectivity index (χ2n) is 7.36. The Balaban J connectivity index is 1.60. The molecule has 6 heteroatoms. The fourth-order valence-corrected chi connectivity index (χ4v) is 3.66. The number of likely N-dealkylation sites (tertiary alicyclic amines) is 1. The minimum Gasteiger partial charge on any atom is -0.497 e. The van der Waals surface area contributed by atoms with Gasteiger partial charge in [-0.15, -0.1) is 0 Å². The molecule has 0 radical (unpaired) electrons. The van der Waals surface area contributed by atoms with Gasteiger partial charge in [0, 0.05) is 36.8 Å². The third kappa shape index (κ3) is 5.08. The second kappa shape index (κ2) is 9.45. The van der Waals surface area contributed by atoms with Crippen LogP contribution in [0.3, 0.4) is 0 Å². The van der Waals surface area contributed by atoms with Crippen molar-refractivity contribution in [3.63, 3.8) is 0 Å². The van der Waals surface area contributed by atoms with Gasteiger partial charge in [0.05, 0.1) is 20.1 Å². The van der Waals surface area contributed by atoms with E-state index in [9.17, 15) is 9.59 Å². The van der Waals surface area contributed by atoms with Gasteiger partial charge >= 0.3 is 0 Å². The lowest BCUT2D eigenvalue weighted by atomic mass is 9.96. The zero-order chi connectivity index (χ0) is 20.8. The van der Waals surface area contributed by atoms with Crippen LogP contribution in [0.2, 0.25) is 0 Å². The van der Waals surface area contributed by atoms with E-state index in [1.54, 1.807) is 25.2 Å². The summed E-state index contributed by atoms with van der Waals surface area (Å²) in [5, 5.41) is 2.99. The molecule has 1 atom stereocenters. The third-order valence-corrected chi connectivity index (χ3v) is 5.29. The molecule has 1 N–H and O–H groups in total. The van der Waals surface area contributed by atoms with Gasteiger partial charge in [-0.1, -0.05) is 17.7 Å². The van der Waals surface area contributed by atoms with Crippen LogP contribution in [-0.2, 0) is 11.3 Å². The normalized spacial score (nSPS) is 16.2. The van der Waals surface area contributed by atoms with Crippen molar-refractivity contribution in [2.75, 3.05) is 27.3 Å². The lowest BCUT2D eigenvalue weighted by Gasteiger charge is -2.32. The minimum absolute atomic E-state index is 0.0111. The fourth-order valence-electron chi connectivity index (χ4n) is 3.66. The molecule has 0 aliphatic carbocycles. The molecule has 0 aromatic heterocycles. The standard InChI is InChI=1S/C23H28N2O4/c1-16-6-4-7-17(12-16)23(27)25-11-5-8-19(15-25)22(26)24-14-18-9-10-20(28-2)13-21(18)29-3/h4,6-7,9-10,12-13,19H,5,8,11,14-15H2,1-3H3,(H,24,26)/t19-/m0/s1. The molecule has 3 rings (SSSR count). The maximum Gasteiger partial charge on any atom is 0.253 e. The number of ether oxygens (including phenoxy) is 2. The first-order valence-corrected chi connectivity index (χ1v) is 9.86. The van der Waals surface area contributed by atoms with E-state index in [4.69, 9.17) is 9.47 Å². The SMILES string of the molecule is COc1ccc(CNC(=O)[C@H]2CCCN(C(=O)c3cccc(C)c3)C2)c(OC)c1. The summed E-state index contributed by atoms with van der Waals surface area (Å²) in [5.41, 5.74) is 2.61. The van der Waals surface area contributed by atoms with Gasteiger partial charge in [0.15, 0.2) is 0 Å². The van der Waals surface area contributed by atoms with Gasteiger partial charge in [0.2, 0.25) is 5.91 Å². The molecule has 0 unspecified atom stereocenters.